The third-order valence-electron chi connectivity index (χ3n) is 4.95. The summed E-state index contributed by atoms with van der Waals surface area (Å²) < 4.78 is 15.6. The largest absolute Gasteiger partial charge is 0.342 e. The predicted molar refractivity (Wildman–Crippen MR) is 125 cm³/mol. The standard InChI is InChI=1S/C22H23FN6O4S/c1-4-28-20(14(3)24-21(31)16-7-5-6-8-17(16)23)26-27-22(28)34-12-19(30)25-18-11-15(29(32)33)10-9-13(18)2/h5-11,14H,4,12H2,1-3H3,(H,24,31)(H,25,30)/t14-/m0/s1. The first kappa shape index (κ1) is 24.8. The predicted octanol–water partition coefficient (Wildman–Crippen LogP) is 3.88. The van der Waals surface area contributed by atoms with Crippen LogP contribution in [0.1, 0.15) is 41.6 Å². The molecule has 12 heteroatoms. The zero-order valence-electron chi connectivity index (χ0n) is 18.7. The summed E-state index contributed by atoms with van der Waals surface area (Å²) in [6.07, 6.45) is 0. The fraction of sp³-hybridized carbons (Fsp3) is 0.273. The molecule has 0 unspecified atom stereocenters. The molecular weight excluding hydrogens is 463 g/mol. The number of anilines is 1. The van der Waals surface area contributed by atoms with E-state index in [-0.39, 0.29) is 22.9 Å². The van der Waals surface area contributed by atoms with Gasteiger partial charge in [0.05, 0.1) is 28.0 Å². The normalized spacial score (nSPS) is 11.6. The Hall–Kier alpha value is -3.80. The number of hydrogen-bond acceptors (Lipinski definition) is 7. The third-order valence-corrected chi connectivity index (χ3v) is 5.92. The molecule has 0 aliphatic heterocycles. The lowest BCUT2D eigenvalue weighted by Crippen LogP contribution is -2.29. The van der Waals surface area contributed by atoms with E-state index < -0.39 is 22.7 Å². The number of nitrogens with zero attached hydrogens (tertiary/aromatic N) is 4. The summed E-state index contributed by atoms with van der Waals surface area (Å²) in [5, 5.41) is 25.1. The highest BCUT2D eigenvalue weighted by molar-refractivity contribution is 7.99. The summed E-state index contributed by atoms with van der Waals surface area (Å²) in [4.78, 5) is 35.3. The number of non-ortho nitro benzene ring substituents is 1. The van der Waals surface area contributed by atoms with Gasteiger partial charge in [-0.15, -0.1) is 10.2 Å². The third kappa shape index (κ3) is 5.76. The Bertz CT molecular complexity index is 1230. The maximum Gasteiger partial charge on any atom is 0.271 e. The first-order valence-electron chi connectivity index (χ1n) is 10.4. The molecule has 0 saturated carbocycles. The molecule has 3 rings (SSSR count). The van der Waals surface area contributed by atoms with Crippen LogP contribution in [-0.2, 0) is 11.3 Å². The second kappa shape index (κ2) is 10.9. The van der Waals surface area contributed by atoms with Crippen molar-refractivity contribution >= 4 is 35.0 Å². The molecule has 2 amide bonds. The number of aryl methyl sites for hydroxylation is 1. The molecule has 0 radical (unpaired) electrons. The molecule has 0 saturated heterocycles. The van der Waals surface area contributed by atoms with Crippen molar-refractivity contribution in [2.75, 3.05) is 11.1 Å². The fourth-order valence-corrected chi connectivity index (χ4v) is 3.99. The topological polar surface area (TPSA) is 132 Å². The van der Waals surface area contributed by atoms with Crippen LogP contribution in [0.3, 0.4) is 0 Å². The first-order valence-corrected chi connectivity index (χ1v) is 11.4. The molecule has 0 spiro atoms. The minimum Gasteiger partial charge on any atom is -0.342 e. The molecule has 1 heterocycles. The highest BCUT2D eigenvalue weighted by Crippen LogP contribution is 2.24. The number of carbonyl (C=O) groups excluding carboxylic acids is 2. The van der Waals surface area contributed by atoms with E-state index in [2.05, 4.69) is 20.8 Å². The van der Waals surface area contributed by atoms with Crippen molar-refractivity contribution in [3.05, 3.63) is 75.3 Å². The molecule has 10 nitrogen and oxygen atoms in total. The zero-order chi connectivity index (χ0) is 24.8. The number of nitro groups is 1. The lowest BCUT2D eigenvalue weighted by Gasteiger charge is -2.15. The number of amides is 2. The maximum atomic E-state index is 13.9. The van der Waals surface area contributed by atoms with E-state index in [1.165, 1.54) is 30.3 Å². The number of rotatable bonds is 9. The summed E-state index contributed by atoms with van der Waals surface area (Å²) in [6.45, 7) is 5.80. The number of carbonyl (C=O) groups is 2. The number of aromatic nitrogens is 3. The highest BCUT2D eigenvalue weighted by Gasteiger charge is 2.21. The van der Waals surface area contributed by atoms with Gasteiger partial charge in [0.25, 0.3) is 11.6 Å². The Morgan fingerprint density at radius 2 is 1.97 bits per heavy atom. The van der Waals surface area contributed by atoms with Gasteiger partial charge in [0.1, 0.15) is 5.82 Å². The molecule has 2 N–H and O–H groups in total. The SMILES string of the molecule is CCn1c(SCC(=O)Nc2cc([N+](=O)[O-])ccc2C)nnc1[C@H](C)NC(=O)c1ccccc1F. The van der Waals surface area contributed by atoms with Gasteiger partial charge >= 0.3 is 0 Å². The molecular formula is C22H23FN6O4S. The van der Waals surface area contributed by atoms with Gasteiger partial charge in [-0.3, -0.25) is 19.7 Å². The van der Waals surface area contributed by atoms with Crippen LogP contribution >= 0.6 is 11.8 Å². The number of thioether (sulfide) groups is 1. The first-order chi connectivity index (χ1) is 16.2. The van der Waals surface area contributed by atoms with Gasteiger partial charge in [-0.25, -0.2) is 4.39 Å². The van der Waals surface area contributed by atoms with Crippen molar-refractivity contribution in [2.24, 2.45) is 0 Å². The second-order valence-electron chi connectivity index (χ2n) is 7.35. The summed E-state index contributed by atoms with van der Waals surface area (Å²) in [5.74, 6) is -1.09. The molecule has 1 aromatic heterocycles. The Morgan fingerprint density at radius 3 is 2.65 bits per heavy atom. The van der Waals surface area contributed by atoms with Crippen LogP contribution in [0, 0.1) is 22.9 Å². The van der Waals surface area contributed by atoms with Crippen LogP contribution in [-0.4, -0.2) is 37.3 Å². The molecule has 2 aromatic carbocycles. The van der Waals surface area contributed by atoms with E-state index in [1.54, 1.807) is 30.5 Å². The van der Waals surface area contributed by atoms with Crippen molar-refractivity contribution in [3.63, 3.8) is 0 Å². The quantitative estimate of drug-likeness (QED) is 0.266. The number of nitrogens with one attached hydrogen (secondary N) is 2. The summed E-state index contributed by atoms with van der Waals surface area (Å²) in [6, 6.07) is 9.37. The summed E-state index contributed by atoms with van der Waals surface area (Å²) >= 11 is 1.14. The summed E-state index contributed by atoms with van der Waals surface area (Å²) in [7, 11) is 0. The van der Waals surface area contributed by atoms with E-state index >= 15 is 0 Å². The maximum absolute atomic E-state index is 13.9. The van der Waals surface area contributed by atoms with Gasteiger partial charge in [0.15, 0.2) is 11.0 Å². The molecule has 3 aromatic rings. The van der Waals surface area contributed by atoms with E-state index in [1.807, 2.05) is 6.92 Å². The average Bonchev–Trinajstić information content (AvgIpc) is 3.22. The van der Waals surface area contributed by atoms with Gasteiger partial charge < -0.3 is 15.2 Å². The van der Waals surface area contributed by atoms with Crippen molar-refractivity contribution < 1.29 is 18.9 Å². The van der Waals surface area contributed by atoms with Crippen LogP contribution in [0.2, 0.25) is 0 Å². The van der Waals surface area contributed by atoms with Crippen LogP contribution in [0.25, 0.3) is 0 Å². The van der Waals surface area contributed by atoms with E-state index in [0.717, 1.165) is 11.8 Å². The zero-order valence-corrected chi connectivity index (χ0v) is 19.6. The fourth-order valence-electron chi connectivity index (χ4n) is 3.18. The van der Waals surface area contributed by atoms with Gasteiger partial charge in [0, 0.05) is 18.7 Å². The molecule has 0 bridgehead atoms. The van der Waals surface area contributed by atoms with Crippen LogP contribution in [0.15, 0.2) is 47.6 Å². The smallest absolute Gasteiger partial charge is 0.271 e. The average molecular weight is 487 g/mol. The lowest BCUT2D eigenvalue weighted by atomic mass is 10.2. The Balaban J connectivity index is 1.66. The van der Waals surface area contributed by atoms with Gasteiger partial charge in [-0.2, -0.15) is 0 Å². The molecule has 0 aliphatic carbocycles. The summed E-state index contributed by atoms with van der Waals surface area (Å²) in [5.41, 5.74) is 0.874. The van der Waals surface area contributed by atoms with Gasteiger partial charge in [-0.1, -0.05) is 30.0 Å². The number of halogens is 1. The van der Waals surface area contributed by atoms with Crippen LogP contribution < -0.4 is 10.6 Å². The second-order valence-corrected chi connectivity index (χ2v) is 8.30. The van der Waals surface area contributed by atoms with E-state index in [9.17, 15) is 24.1 Å². The number of nitro benzene ring substituents is 1. The van der Waals surface area contributed by atoms with Crippen molar-refractivity contribution in [1.29, 1.82) is 0 Å². The molecule has 0 aliphatic rings. The lowest BCUT2D eigenvalue weighted by molar-refractivity contribution is -0.384. The Kier molecular flexibility index (Phi) is 7.95. The number of hydrogen-bond donors (Lipinski definition) is 2. The monoisotopic (exact) mass is 486 g/mol. The molecule has 1 atom stereocenters. The Labute approximate surface area is 199 Å². The van der Waals surface area contributed by atoms with E-state index in [0.29, 0.717) is 28.8 Å². The van der Waals surface area contributed by atoms with Crippen molar-refractivity contribution in [1.82, 2.24) is 20.1 Å². The Morgan fingerprint density at radius 1 is 1.24 bits per heavy atom. The van der Waals surface area contributed by atoms with Crippen molar-refractivity contribution in [3.8, 4) is 0 Å². The molecule has 0 fully saturated rings. The van der Waals surface area contributed by atoms with Crippen LogP contribution in [0.4, 0.5) is 15.8 Å². The number of benzene rings is 2. The molecule has 178 valence electrons. The minimum absolute atomic E-state index is 0.00374. The van der Waals surface area contributed by atoms with Gasteiger partial charge in [-0.05, 0) is 38.5 Å². The minimum atomic E-state index is -0.620. The van der Waals surface area contributed by atoms with Gasteiger partial charge in [0.2, 0.25) is 5.91 Å². The van der Waals surface area contributed by atoms with Crippen molar-refractivity contribution in [2.45, 2.75) is 38.5 Å². The highest BCUT2D eigenvalue weighted by atomic mass is 32.2. The van der Waals surface area contributed by atoms with E-state index in [4.69, 9.17) is 0 Å². The molecule has 34 heavy (non-hydrogen) atoms. The van der Waals surface area contributed by atoms with Crippen LogP contribution in [0.5, 0.6) is 0 Å².